The fourth-order valence-corrected chi connectivity index (χ4v) is 13.5. The highest BCUT2D eigenvalue weighted by Crippen LogP contribution is 2.37. The number of nitrogens with one attached hydrogen (secondary N) is 2. The van der Waals surface area contributed by atoms with Crippen LogP contribution in [-0.4, -0.2) is 140 Å². The van der Waals surface area contributed by atoms with Crippen molar-refractivity contribution in [2.24, 2.45) is 58.8 Å². The second kappa shape index (κ2) is 88.3. The van der Waals surface area contributed by atoms with E-state index in [1.807, 2.05) is 20.8 Å². The molecule has 2 rings (SSSR count). The minimum Gasteiger partial charge on any atom is -1.00 e. The van der Waals surface area contributed by atoms with Gasteiger partial charge in [0.15, 0.2) is 18.7 Å². The molecule has 2 fully saturated rings. The van der Waals surface area contributed by atoms with Crippen molar-refractivity contribution >= 4 is 29.9 Å². The van der Waals surface area contributed by atoms with Crippen LogP contribution >= 0.6 is 0 Å². The molecule has 0 saturated carbocycles. The lowest BCUT2D eigenvalue weighted by Gasteiger charge is -2.28. The number of carbonyl (C=O) groups is 5. The van der Waals surface area contributed by atoms with Crippen molar-refractivity contribution in [3.05, 3.63) is 24.3 Å². The first-order valence-corrected chi connectivity index (χ1v) is 36.3. The molecule has 15 nitrogen and oxygen atoms in total. The number of rotatable bonds is 52. The summed E-state index contributed by atoms with van der Waals surface area (Å²) in [5.74, 6) is -1.01. The number of halogens is 2. The van der Waals surface area contributed by atoms with Gasteiger partial charge in [-0.05, 0) is 122 Å². The second-order valence-electron chi connectivity index (χ2n) is 28.0. The summed E-state index contributed by atoms with van der Waals surface area (Å²) in [5.41, 5.74) is 11.1. The third-order valence-electron chi connectivity index (χ3n) is 19.0. The highest BCUT2D eigenvalue weighted by Gasteiger charge is 2.43. The summed E-state index contributed by atoms with van der Waals surface area (Å²) >= 11 is 0. The number of aldehydes is 1. The number of nitrogens with two attached hydrogens (primary N) is 2. The molecule has 0 bridgehead atoms. The molecular formula is C86H194Cl2N6O9. The van der Waals surface area contributed by atoms with E-state index in [1.54, 1.807) is 0 Å². The van der Waals surface area contributed by atoms with Crippen molar-refractivity contribution in [1.82, 2.24) is 10.6 Å². The van der Waals surface area contributed by atoms with Gasteiger partial charge in [0.1, 0.15) is 0 Å². The number of hydrogen-bond acceptors (Lipinski definition) is 9. The lowest BCUT2D eigenvalue weighted by atomic mass is 9.80. The highest BCUT2D eigenvalue weighted by atomic mass is 35.5. The summed E-state index contributed by atoms with van der Waals surface area (Å²) in [6, 6.07) is 0. The number of carbonyl (C=O) groups excluding carboxylic acids is 5. The Hall–Kier alpha value is -2.63. The number of unbranched alkanes of at least 4 members (excludes halogenated alkanes) is 24. The third-order valence-corrected chi connectivity index (χ3v) is 19.0. The molecule has 17 heteroatoms. The standard InChI is InChI=1S/C37H71N3O4.C18H33N3O4.C18H36O.13CH4.2ClH/c1-7-10-11-12-13-14-15-16-17-18-19-20-21-22-23-24-25-44-30(4)36(42)39-37(43)33(26-31(8-2)35(38)41)27-34-29-40(5,6)28-32(34)9-3;1-5-12(17(19)24)7-14(18(25)20-16(23)11-22)8-15-10-21(3,4)9-13(15)6-2;1-2-3-4-5-6-7-8-9-10-11-12-13-14-15-16-17-18-19;;;;;;;;;;;;;;;/h16-17,30-34,36,42H,7-15,18-29H2,1-6H3,(H2-,38,39,41,43);11-16,23H,5-10H2,1-4H3,(H2-,19,20,24,25);9-10,19H,2-8,11-18H2,1H3;13*1H4;2*1H/b17-16+;;10-9+;;;;;;;;;;;;;;;. The first kappa shape index (κ1) is 139. The lowest BCUT2D eigenvalue weighted by Crippen LogP contribution is -3.00. The van der Waals surface area contributed by atoms with E-state index in [2.05, 4.69) is 90.8 Å². The van der Waals surface area contributed by atoms with Crippen LogP contribution in [0, 0.1) is 47.3 Å². The highest BCUT2D eigenvalue weighted by molar-refractivity contribution is 5.83. The minimum absolute atomic E-state index is 0. The summed E-state index contributed by atoms with van der Waals surface area (Å²) in [7, 11) is 8.86. The molecule has 0 spiro atoms. The van der Waals surface area contributed by atoms with Gasteiger partial charge >= 0.3 is 0 Å². The van der Waals surface area contributed by atoms with Crippen LogP contribution in [0.4, 0.5) is 0 Å². The number of likely N-dealkylation sites (tertiary alicyclic amines) is 2. The largest absolute Gasteiger partial charge is 1.00 e. The average molecular weight is 1530 g/mol. The summed E-state index contributed by atoms with van der Waals surface area (Å²) in [6.45, 7) is 19.6. The Morgan fingerprint density at radius 1 is 0.437 bits per heavy atom. The maximum atomic E-state index is 13.4. The smallest absolute Gasteiger partial charge is 0.225 e. The number of ether oxygens (including phenoxy) is 1. The molecule has 0 aromatic heterocycles. The van der Waals surface area contributed by atoms with Gasteiger partial charge in [-0.15, -0.1) is 0 Å². The van der Waals surface area contributed by atoms with Crippen molar-refractivity contribution < 1.29 is 77.8 Å². The summed E-state index contributed by atoms with van der Waals surface area (Å²) in [6.07, 6.45) is 48.3. The van der Waals surface area contributed by atoms with Crippen LogP contribution in [0.2, 0.25) is 0 Å². The molecule has 11 unspecified atom stereocenters. The van der Waals surface area contributed by atoms with E-state index in [9.17, 15) is 34.2 Å². The molecule has 0 aromatic carbocycles. The Morgan fingerprint density at radius 2 is 0.718 bits per heavy atom. The van der Waals surface area contributed by atoms with Crippen LogP contribution in [0.15, 0.2) is 24.3 Å². The fraction of sp³-hybridized carbons (Fsp3) is 0.895. The van der Waals surface area contributed by atoms with Crippen molar-refractivity contribution in [3.8, 4) is 0 Å². The number of allylic oxidation sites excluding steroid dienone is 4. The molecule has 0 radical (unpaired) electrons. The van der Waals surface area contributed by atoms with Gasteiger partial charge < -0.3 is 75.9 Å². The van der Waals surface area contributed by atoms with Crippen molar-refractivity contribution in [2.45, 2.75) is 395 Å². The molecule has 2 saturated heterocycles. The van der Waals surface area contributed by atoms with Crippen LogP contribution < -0.4 is 46.9 Å². The Bertz CT molecular complexity index is 1830. The normalized spacial score (nSPS) is 17.3. The van der Waals surface area contributed by atoms with E-state index in [-0.39, 0.29) is 163 Å². The van der Waals surface area contributed by atoms with Crippen LogP contribution in [0.1, 0.15) is 376 Å². The van der Waals surface area contributed by atoms with E-state index in [1.165, 1.54) is 161 Å². The van der Waals surface area contributed by atoms with Crippen molar-refractivity contribution in [1.29, 1.82) is 0 Å². The molecule has 0 aromatic rings. The number of quaternary nitrogens is 2. The summed E-state index contributed by atoms with van der Waals surface area (Å²) in [5, 5.41) is 34.0. The van der Waals surface area contributed by atoms with Gasteiger partial charge in [0.25, 0.3) is 0 Å². The van der Waals surface area contributed by atoms with Gasteiger partial charge in [-0.3, -0.25) is 24.0 Å². The molecule has 0 aliphatic carbocycles. The first-order valence-electron chi connectivity index (χ1n) is 36.3. The average Bonchev–Trinajstić information content (AvgIpc) is 1.70. The molecule has 103 heavy (non-hydrogen) atoms. The summed E-state index contributed by atoms with van der Waals surface area (Å²) in [4.78, 5) is 60.2. The summed E-state index contributed by atoms with van der Waals surface area (Å²) < 4.78 is 7.76. The Balaban J connectivity index is -0.0000000796. The number of amides is 4. The second-order valence-corrected chi connectivity index (χ2v) is 28.0. The van der Waals surface area contributed by atoms with Gasteiger partial charge in [0.2, 0.25) is 23.6 Å². The van der Waals surface area contributed by atoms with Gasteiger partial charge in [-0.1, -0.05) is 278 Å². The maximum Gasteiger partial charge on any atom is 0.225 e. The number of aliphatic hydroxyl groups excluding tert-OH is 3. The number of primary amides is 2. The molecule has 2 aliphatic rings. The zero-order chi connectivity index (χ0) is 66.0. The maximum absolute atomic E-state index is 13.4. The van der Waals surface area contributed by atoms with Gasteiger partial charge in [-0.25, -0.2) is 0 Å². The fourth-order valence-electron chi connectivity index (χ4n) is 13.5. The van der Waals surface area contributed by atoms with Gasteiger partial charge in [0, 0.05) is 60.6 Å². The van der Waals surface area contributed by atoms with Gasteiger partial charge in [-0.2, -0.15) is 0 Å². The van der Waals surface area contributed by atoms with E-state index in [0.29, 0.717) is 75.4 Å². The van der Waals surface area contributed by atoms with Crippen LogP contribution in [-0.2, 0) is 28.7 Å². The Labute approximate surface area is 660 Å². The van der Waals surface area contributed by atoms with Crippen molar-refractivity contribution in [3.63, 3.8) is 0 Å². The van der Waals surface area contributed by atoms with E-state index >= 15 is 0 Å². The monoisotopic (exact) mass is 1530 g/mol. The predicted octanol–water partition coefficient (Wildman–Crippen LogP) is 16.1. The molecule has 636 valence electrons. The van der Waals surface area contributed by atoms with Crippen LogP contribution in [0.25, 0.3) is 0 Å². The van der Waals surface area contributed by atoms with E-state index < -0.39 is 30.4 Å². The molecule has 11 atom stereocenters. The topological polar surface area (TPSA) is 231 Å². The zero-order valence-corrected chi connectivity index (χ0v) is 61.0. The predicted molar refractivity (Wildman–Crippen MR) is 453 cm³/mol. The number of aliphatic hydroxyl groups is 3. The van der Waals surface area contributed by atoms with E-state index in [0.717, 1.165) is 67.2 Å². The van der Waals surface area contributed by atoms with E-state index in [4.69, 9.17) is 21.3 Å². The number of hydrogen-bond donors (Lipinski definition) is 7. The molecule has 9 N–H and O–H groups in total. The number of nitrogens with zero attached hydrogens (tertiary/aromatic N) is 2. The van der Waals surface area contributed by atoms with Gasteiger partial charge in [0.05, 0.1) is 60.5 Å². The quantitative estimate of drug-likeness (QED) is 0.0101. The van der Waals surface area contributed by atoms with Crippen LogP contribution in [0.3, 0.4) is 0 Å². The zero-order valence-electron chi connectivity index (χ0n) is 59.5. The third kappa shape index (κ3) is 72.0. The lowest BCUT2D eigenvalue weighted by molar-refractivity contribution is -0.880. The first-order chi connectivity index (χ1) is 42.1. The minimum atomic E-state index is -1.51. The van der Waals surface area contributed by atoms with Crippen molar-refractivity contribution in [2.75, 3.05) is 67.6 Å². The molecular weight excluding hydrogens is 1330 g/mol. The Morgan fingerprint density at radius 3 is 1.00 bits per heavy atom. The molecule has 2 aliphatic heterocycles. The molecule has 4 amide bonds. The van der Waals surface area contributed by atoms with Crippen LogP contribution in [0.5, 0.6) is 0 Å². The molecule has 2 heterocycles. The SMILES string of the molecule is C.C.C.C.C.C.C.C.C.C.C.C.C.CCC(CC(CC1C[N+](C)(C)CC1CC)C(=O)NC(O)C=O)C(N)=O.CCCCCCCC/C=C/CCCCCCCCO.CCCCCCCC/C=C/CCCCCCCCOC(C)C(O)NC(=O)C(CC(CC)C(N)=O)CC1C[N+](C)(C)CC1CC.[Cl-].[Cl-]. The Kier molecular flexibility index (Phi) is 119.